The van der Waals surface area contributed by atoms with E-state index in [0.717, 1.165) is 55.7 Å². The Morgan fingerprint density at radius 3 is 1.08 bits per heavy atom. The van der Waals surface area contributed by atoms with Gasteiger partial charge in [-0.15, -0.1) is 45.3 Å². The van der Waals surface area contributed by atoms with Gasteiger partial charge in [0.25, 0.3) is 0 Å². The average molecular weight is 1450 g/mol. The molecule has 0 fully saturated rings. The van der Waals surface area contributed by atoms with Crippen LogP contribution < -0.4 is 0 Å². The zero-order valence-electron chi connectivity index (χ0n) is 57.7. The van der Waals surface area contributed by atoms with Crippen molar-refractivity contribution in [1.82, 2.24) is 34.9 Å². The molecule has 11 heteroatoms. The van der Waals surface area contributed by atoms with E-state index in [0.29, 0.717) is 34.9 Å². The molecule has 0 atom stereocenters. The molecule has 504 valence electrons. The van der Waals surface area contributed by atoms with Crippen LogP contribution in [0.15, 0.2) is 346 Å². The third kappa shape index (κ3) is 11.1. The number of aromatic nitrogens is 7. The molecule has 0 aliphatic carbocycles. The topological polar surface area (TPSA) is 90.2 Å². The van der Waals surface area contributed by atoms with Crippen molar-refractivity contribution in [3.63, 3.8) is 0 Å². The van der Waals surface area contributed by atoms with Crippen LogP contribution in [0.2, 0.25) is 0 Å². The number of hydrogen-bond acceptors (Lipinski definition) is 11. The second-order valence-electron chi connectivity index (χ2n) is 26.9. The van der Waals surface area contributed by atoms with E-state index in [1.165, 1.54) is 125 Å². The number of nitrogens with zero attached hydrogens (tertiary/aromatic N) is 7. The first kappa shape index (κ1) is 63.4. The van der Waals surface area contributed by atoms with Crippen LogP contribution in [0.25, 0.3) is 215 Å². The largest absolute Gasteiger partial charge is 0.247 e. The highest BCUT2D eigenvalue weighted by Gasteiger charge is 2.24. The van der Waals surface area contributed by atoms with E-state index in [1.807, 2.05) is 167 Å². The van der Waals surface area contributed by atoms with Crippen LogP contribution in [-0.2, 0) is 0 Å². The van der Waals surface area contributed by atoms with E-state index in [1.54, 1.807) is 0 Å². The maximum absolute atomic E-state index is 5.48. The van der Waals surface area contributed by atoms with Gasteiger partial charge in [-0.2, -0.15) is 0 Å². The molecule has 22 aromatic rings. The second kappa shape index (κ2) is 26.5. The van der Waals surface area contributed by atoms with Gasteiger partial charge in [-0.1, -0.05) is 297 Å². The number of hydrogen-bond donors (Lipinski definition) is 0. The Morgan fingerprint density at radius 1 is 0.176 bits per heavy atom. The molecule has 0 saturated heterocycles. The summed E-state index contributed by atoms with van der Waals surface area (Å²) in [6.45, 7) is 0. The first-order valence-electron chi connectivity index (χ1n) is 35.9. The lowest BCUT2D eigenvalue weighted by molar-refractivity contribution is 1.07. The van der Waals surface area contributed by atoms with Crippen LogP contribution in [0.1, 0.15) is 0 Å². The summed E-state index contributed by atoms with van der Waals surface area (Å²) in [6, 6.07) is 122. The predicted molar refractivity (Wildman–Crippen MR) is 458 cm³/mol. The standard InChI is InChI=1S/C49H29N3S2.C48H28N4S2/c1-3-13-30(14-4-1)47-50-48(31-15-5-2-6-16-31)52-49(51-47)35-18-11-17-32(27-35)40-28-34-26-25-33(29-41(34)46-44(40)39-20-8-10-24-43(39)54-46)36-21-12-22-38-37-19-7-9-23-42(37)53-45(36)38;1-3-13-30(14-4-1)46-50-47(31-15-5-2-6-16-31)52-48(51-46)32-27-25-29(26-28-32)43-42-37-18-8-10-24-40(37)54-45(42)41-34(19-12-22-38(41)49-43)36-21-11-20-35-33-17-7-9-23-39(33)53-44(35)36/h1-29H;1-28H. The average Bonchev–Trinajstić information content (AvgIpc) is 1.52. The zero-order valence-corrected chi connectivity index (χ0v) is 60.9. The Labute approximate surface area is 636 Å². The van der Waals surface area contributed by atoms with Crippen LogP contribution in [0.4, 0.5) is 0 Å². The van der Waals surface area contributed by atoms with Gasteiger partial charge in [-0.25, -0.2) is 34.9 Å². The van der Waals surface area contributed by atoms with E-state index in [-0.39, 0.29) is 0 Å². The van der Waals surface area contributed by atoms with E-state index in [9.17, 15) is 0 Å². The zero-order chi connectivity index (χ0) is 71.2. The lowest BCUT2D eigenvalue weighted by Crippen LogP contribution is -2.00. The molecule has 15 aromatic carbocycles. The minimum absolute atomic E-state index is 0.631. The van der Waals surface area contributed by atoms with Crippen LogP contribution in [-0.4, -0.2) is 34.9 Å². The monoisotopic (exact) mass is 1450 g/mol. The summed E-state index contributed by atoms with van der Waals surface area (Å²) in [7, 11) is 0. The third-order valence-electron chi connectivity index (χ3n) is 20.5. The molecule has 108 heavy (non-hydrogen) atoms. The van der Waals surface area contributed by atoms with Crippen molar-refractivity contribution in [1.29, 1.82) is 0 Å². The maximum atomic E-state index is 5.48. The normalized spacial score (nSPS) is 11.7. The fourth-order valence-electron chi connectivity index (χ4n) is 15.4. The quantitative estimate of drug-likeness (QED) is 0.135. The van der Waals surface area contributed by atoms with Crippen LogP contribution in [0.5, 0.6) is 0 Å². The predicted octanol–water partition coefficient (Wildman–Crippen LogP) is 27.6. The smallest absolute Gasteiger partial charge is 0.164 e. The molecule has 0 N–H and O–H groups in total. The van der Waals surface area contributed by atoms with Crippen molar-refractivity contribution in [2.45, 2.75) is 0 Å². The van der Waals surface area contributed by atoms with E-state index < -0.39 is 0 Å². The van der Waals surface area contributed by atoms with Gasteiger partial charge < -0.3 is 0 Å². The minimum Gasteiger partial charge on any atom is -0.247 e. The molecule has 0 bridgehead atoms. The summed E-state index contributed by atoms with van der Waals surface area (Å²) < 4.78 is 10.4. The molecule has 0 unspecified atom stereocenters. The third-order valence-corrected chi connectivity index (χ3v) is 25.3. The summed E-state index contributed by atoms with van der Waals surface area (Å²) in [5, 5.41) is 13.9. The van der Waals surface area contributed by atoms with Crippen LogP contribution in [0.3, 0.4) is 0 Å². The Kier molecular flexibility index (Phi) is 15.5. The molecule has 22 rings (SSSR count). The van der Waals surface area contributed by atoms with Crippen molar-refractivity contribution in [3.05, 3.63) is 346 Å². The Bertz CT molecular complexity index is 7180. The maximum Gasteiger partial charge on any atom is 0.164 e. The molecular weight excluding hydrogens is 1390 g/mol. The number of thiophene rings is 4. The Morgan fingerprint density at radius 2 is 0.537 bits per heavy atom. The lowest BCUT2D eigenvalue weighted by atomic mass is 9.93. The van der Waals surface area contributed by atoms with Gasteiger partial charge in [0.1, 0.15) is 0 Å². The molecule has 0 amide bonds. The van der Waals surface area contributed by atoms with Gasteiger partial charge in [0, 0.05) is 136 Å². The SMILES string of the molecule is c1ccc(-c2nc(-c3ccccc3)nc(-c3ccc(-c4nc5cccc(-c6cccc7c6sc6ccccc67)c5c5sc6ccccc6c45)cc3)n2)cc1.c1ccc(-c2nc(-c3ccccc3)nc(-c3cccc(-c4cc5ccc(-c6cccc7c6sc6ccccc67)cc5c5sc6ccccc6c45)c3)n2)cc1. The summed E-state index contributed by atoms with van der Waals surface area (Å²) in [5.41, 5.74) is 16.0. The molecule has 7 heterocycles. The molecule has 7 nitrogen and oxygen atoms in total. The highest BCUT2D eigenvalue weighted by molar-refractivity contribution is 7.28. The molecule has 0 spiro atoms. The fraction of sp³-hybridized carbons (Fsp3) is 0. The van der Waals surface area contributed by atoms with E-state index >= 15 is 0 Å². The van der Waals surface area contributed by atoms with Gasteiger partial charge in [-0.05, 0) is 81.7 Å². The van der Waals surface area contributed by atoms with Crippen molar-refractivity contribution in [3.8, 4) is 113 Å². The van der Waals surface area contributed by atoms with E-state index in [4.69, 9.17) is 34.9 Å². The Balaban J connectivity index is 0.000000138. The minimum atomic E-state index is 0.631. The van der Waals surface area contributed by atoms with Crippen molar-refractivity contribution in [2.24, 2.45) is 0 Å². The van der Waals surface area contributed by atoms with Crippen molar-refractivity contribution < 1.29 is 0 Å². The summed E-state index contributed by atoms with van der Waals surface area (Å²) >= 11 is 7.49. The number of rotatable bonds is 10. The molecule has 0 radical (unpaired) electrons. The fourth-order valence-corrected chi connectivity index (χ4v) is 20.4. The molecule has 0 aliphatic heterocycles. The van der Waals surface area contributed by atoms with E-state index in [2.05, 4.69) is 224 Å². The number of benzene rings is 15. The van der Waals surface area contributed by atoms with Gasteiger partial charge in [-0.3, -0.25) is 0 Å². The molecular formula is C97H57N7S4. The highest BCUT2D eigenvalue weighted by atomic mass is 32.1. The second-order valence-corrected chi connectivity index (χ2v) is 31.1. The van der Waals surface area contributed by atoms with Gasteiger partial charge in [0.2, 0.25) is 0 Å². The lowest BCUT2D eigenvalue weighted by Gasteiger charge is -2.13. The van der Waals surface area contributed by atoms with Crippen molar-refractivity contribution >= 4 is 148 Å². The van der Waals surface area contributed by atoms with Crippen LogP contribution >= 0.6 is 45.3 Å². The Hall–Kier alpha value is -13.1. The first-order chi connectivity index (χ1) is 53.5. The molecule has 7 aromatic heterocycles. The van der Waals surface area contributed by atoms with Gasteiger partial charge in [0.15, 0.2) is 34.9 Å². The number of fused-ring (bicyclic) bond motifs is 16. The van der Waals surface area contributed by atoms with Gasteiger partial charge >= 0.3 is 0 Å². The summed E-state index contributed by atoms with van der Waals surface area (Å²) in [4.78, 5) is 35.3. The molecule has 0 aliphatic rings. The van der Waals surface area contributed by atoms with Gasteiger partial charge in [0.05, 0.1) is 11.2 Å². The summed E-state index contributed by atoms with van der Waals surface area (Å²) in [5.74, 6) is 3.89. The highest BCUT2D eigenvalue weighted by Crippen LogP contribution is 2.50. The number of pyridine rings is 1. The first-order valence-corrected chi connectivity index (χ1v) is 39.2. The summed E-state index contributed by atoms with van der Waals surface area (Å²) in [6.07, 6.45) is 0. The van der Waals surface area contributed by atoms with Crippen molar-refractivity contribution in [2.75, 3.05) is 0 Å². The molecule has 0 saturated carbocycles. The van der Waals surface area contributed by atoms with Crippen LogP contribution in [0, 0.1) is 0 Å².